The Morgan fingerprint density at radius 3 is 2.19 bits per heavy atom. The van der Waals surface area contributed by atoms with E-state index in [4.69, 9.17) is 0 Å². The molecular formula is C17H32N2O2. The molecule has 0 spiro atoms. The van der Waals surface area contributed by atoms with Gasteiger partial charge < -0.3 is 10.2 Å². The maximum atomic E-state index is 12.3. The van der Waals surface area contributed by atoms with Crippen LogP contribution in [0.15, 0.2) is 0 Å². The molecule has 0 atom stereocenters. The lowest BCUT2D eigenvalue weighted by molar-refractivity contribution is -0.131. The molecule has 4 nitrogen and oxygen atoms in total. The normalized spacial score (nSPS) is 19.3. The summed E-state index contributed by atoms with van der Waals surface area (Å²) in [4.78, 5) is 25.2. The molecule has 0 aliphatic carbocycles. The largest absolute Gasteiger partial charge is 0.356 e. The Morgan fingerprint density at radius 1 is 1.00 bits per heavy atom. The van der Waals surface area contributed by atoms with Crippen LogP contribution in [0.4, 0.5) is 0 Å². The Balaban J connectivity index is 2.34. The van der Waals surface area contributed by atoms with Crippen LogP contribution in [0, 0.1) is 0 Å². The minimum absolute atomic E-state index is 0.00580. The molecule has 4 heteroatoms. The Kier molecular flexibility index (Phi) is 9.92. The van der Waals surface area contributed by atoms with Crippen LogP contribution in [0.25, 0.3) is 0 Å². The highest BCUT2D eigenvalue weighted by atomic mass is 16.2. The highest BCUT2D eigenvalue weighted by Gasteiger charge is 2.13. The van der Waals surface area contributed by atoms with Crippen LogP contribution in [-0.4, -0.2) is 36.3 Å². The van der Waals surface area contributed by atoms with E-state index in [0.29, 0.717) is 18.9 Å². The lowest BCUT2D eigenvalue weighted by Gasteiger charge is -2.23. The van der Waals surface area contributed by atoms with E-state index in [2.05, 4.69) is 5.32 Å². The number of nitrogens with zero attached hydrogens (tertiary/aromatic N) is 1. The maximum absolute atomic E-state index is 12.3. The molecule has 1 rings (SSSR count). The summed E-state index contributed by atoms with van der Waals surface area (Å²) < 4.78 is 0. The first kappa shape index (κ1) is 18.0. The topological polar surface area (TPSA) is 49.4 Å². The molecule has 1 aliphatic heterocycles. The van der Waals surface area contributed by atoms with Gasteiger partial charge in [0.05, 0.1) is 0 Å². The fourth-order valence-corrected chi connectivity index (χ4v) is 2.87. The van der Waals surface area contributed by atoms with Gasteiger partial charge in [-0.1, -0.05) is 44.9 Å². The Hall–Kier alpha value is -1.06. The zero-order valence-electron chi connectivity index (χ0n) is 13.7. The van der Waals surface area contributed by atoms with Crippen molar-refractivity contribution in [3.63, 3.8) is 0 Å². The van der Waals surface area contributed by atoms with Gasteiger partial charge in [0.1, 0.15) is 0 Å². The van der Waals surface area contributed by atoms with Gasteiger partial charge in [0.25, 0.3) is 0 Å². The third-order valence-corrected chi connectivity index (χ3v) is 4.15. The van der Waals surface area contributed by atoms with Crippen LogP contribution in [0.5, 0.6) is 0 Å². The number of carbonyl (C=O) groups is 2. The van der Waals surface area contributed by atoms with Crippen molar-refractivity contribution in [1.29, 1.82) is 0 Å². The highest BCUT2D eigenvalue weighted by molar-refractivity contribution is 5.76. The fraction of sp³-hybridized carbons (Fsp3) is 0.882. The maximum Gasteiger partial charge on any atom is 0.222 e. The summed E-state index contributed by atoms with van der Waals surface area (Å²) in [6.45, 7) is 3.86. The van der Waals surface area contributed by atoms with Gasteiger partial charge >= 0.3 is 0 Å². The Bertz CT molecular complexity index is 305. The van der Waals surface area contributed by atoms with Crippen molar-refractivity contribution in [1.82, 2.24) is 10.2 Å². The summed E-state index contributed by atoms with van der Waals surface area (Å²) >= 11 is 0. The number of amides is 2. The minimum atomic E-state index is 0.00580. The van der Waals surface area contributed by atoms with E-state index in [1.54, 1.807) is 0 Å². The molecule has 1 fully saturated rings. The van der Waals surface area contributed by atoms with Crippen molar-refractivity contribution in [2.45, 2.75) is 77.6 Å². The molecule has 0 aromatic carbocycles. The summed E-state index contributed by atoms with van der Waals surface area (Å²) in [7, 11) is 0. The van der Waals surface area contributed by atoms with E-state index in [1.807, 2.05) is 4.90 Å². The third kappa shape index (κ3) is 9.48. The summed E-state index contributed by atoms with van der Waals surface area (Å²) in [6, 6.07) is 0. The second-order valence-corrected chi connectivity index (χ2v) is 6.15. The number of carbonyl (C=O) groups excluding carboxylic acids is 2. The van der Waals surface area contributed by atoms with E-state index in [-0.39, 0.29) is 5.91 Å². The first-order valence-electron chi connectivity index (χ1n) is 8.72. The van der Waals surface area contributed by atoms with Gasteiger partial charge in [-0.2, -0.15) is 0 Å². The monoisotopic (exact) mass is 296 g/mol. The zero-order chi connectivity index (χ0) is 15.3. The second kappa shape index (κ2) is 11.6. The number of hydrogen-bond donors (Lipinski definition) is 1. The smallest absolute Gasteiger partial charge is 0.222 e. The number of nitrogens with one attached hydrogen (secondary N) is 1. The lowest BCUT2D eigenvalue weighted by atomic mass is 10.1. The van der Waals surface area contributed by atoms with Gasteiger partial charge in [-0.3, -0.25) is 9.59 Å². The molecule has 122 valence electrons. The van der Waals surface area contributed by atoms with E-state index >= 15 is 0 Å². The molecule has 0 radical (unpaired) electrons. The second-order valence-electron chi connectivity index (χ2n) is 6.15. The lowest BCUT2D eigenvalue weighted by Crippen LogP contribution is -2.34. The van der Waals surface area contributed by atoms with Gasteiger partial charge in [0.15, 0.2) is 0 Å². The van der Waals surface area contributed by atoms with Crippen molar-refractivity contribution < 1.29 is 9.59 Å². The molecule has 1 saturated heterocycles. The molecule has 1 N–H and O–H groups in total. The predicted molar refractivity (Wildman–Crippen MR) is 86.1 cm³/mol. The molecular weight excluding hydrogens is 264 g/mol. The average molecular weight is 296 g/mol. The van der Waals surface area contributed by atoms with E-state index in [9.17, 15) is 9.59 Å². The molecule has 1 aliphatic rings. The Labute approximate surface area is 129 Å². The number of hydrogen-bond acceptors (Lipinski definition) is 2. The highest BCUT2D eigenvalue weighted by Crippen LogP contribution is 2.13. The van der Waals surface area contributed by atoms with Gasteiger partial charge in [0.2, 0.25) is 11.8 Å². The van der Waals surface area contributed by atoms with Crippen molar-refractivity contribution in [2.75, 3.05) is 19.6 Å². The van der Waals surface area contributed by atoms with Gasteiger partial charge in [0, 0.05) is 33.0 Å². The van der Waals surface area contributed by atoms with Crippen molar-refractivity contribution in [3.05, 3.63) is 0 Å². The minimum Gasteiger partial charge on any atom is -0.356 e. The quantitative estimate of drug-likeness (QED) is 0.810. The standard InChI is InChI=1S/C17H32N2O2/c1-16(20)18-13-11-15-19-14-10-8-6-4-2-3-5-7-9-12-17(19)21/h2-15H2,1H3,(H,18,20). The molecule has 0 aromatic rings. The van der Waals surface area contributed by atoms with E-state index in [0.717, 1.165) is 32.4 Å². The third-order valence-electron chi connectivity index (χ3n) is 4.15. The van der Waals surface area contributed by atoms with Crippen LogP contribution in [-0.2, 0) is 9.59 Å². The van der Waals surface area contributed by atoms with Crippen LogP contribution in [0.3, 0.4) is 0 Å². The zero-order valence-corrected chi connectivity index (χ0v) is 13.7. The molecule has 0 aromatic heterocycles. The van der Waals surface area contributed by atoms with Crippen LogP contribution < -0.4 is 5.32 Å². The van der Waals surface area contributed by atoms with Gasteiger partial charge in [-0.05, 0) is 19.3 Å². The predicted octanol–water partition coefficient (Wildman–Crippen LogP) is 3.26. The van der Waals surface area contributed by atoms with Crippen molar-refractivity contribution in [3.8, 4) is 0 Å². The average Bonchev–Trinajstić information content (AvgIpc) is 2.47. The van der Waals surface area contributed by atoms with Crippen LogP contribution >= 0.6 is 0 Å². The molecule has 1 heterocycles. The SMILES string of the molecule is CC(=O)NCCCN1CCCCCCCCCCCC1=O. The molecule has 21 heavy (non-hydrogen) atoms. The Morgan fingerprint density at radius 2 is 1.57 bits per heavy atom. The first-order valence-corrected chi connectivity index (χ1v) is 8.72. The van der Waals surface area contributed by atoms with Gasteiger partial charge in [-0.25, -0.2) is 0 Å². The number of rotatable bonds is 4. The summed E-state index contributed by atoms with van der Waals surface area (Å²) in [6.07, 6.45) is 12.7. The molecule has 2 amide bonds. The van der Waals surface area contributed by atoms with E-state index in [1.165, 1.54) is 51.9 Å². The first-order chi connectivity index (χ1) is 10.2. The van der Waals surface area contributed by atoms with Crippen molar-refractivity contribution in [2.24, 2.45) is 0 Å². The fourth-order valence-electron chi connectivity index (χ4n) is 2.87. The summed E-state index contributed by atoms with van der Waals surface area (Å²) in [5.74, 6) is 0.309. The molecule has 0 unspecified atom stereocenters. The van der Waals surface area contributed by atoms with Crippen molar-refractivity contribution >= 4 is 11.8 Å². The summed E-state index contributed by atoms with van der Waals surface area (Å²) in [5.41, 5.74) is 0. The summed E-state index contributed by atoms with van der Waals surface area (Å²) in [5, 5.41) is 2.80. The van der Waals surface area contributed by atoms with Gasteiger partial charge in [-0.15, -0.1) is 0 Å². The molecule has 0 bridgehead atoms. The van der Waals surface area contributed by atoms with Crippen LogP contribution in [0.1, 0.15) is 77.6 Å². The van der Waals surface area contributed by atoms with Crippen LogP contribution in [0.2, 0.25) is 0 Å². The van der Waals surface area contributed by atoms with E-state index < -0.39 is 0 Å². The molecule has 0 saturated carbocycles.